The molecular weight excluding hydrogens is 260 g/mol. The number of carbonyl (C=O) groups is 1. The Morgan fingerprint density at radius 3 is 3.00 bits per heavy atom. The van der Waals surface area contributed by atoms with E-state index in [1.165, 1.54) is 0 Å². The van der Waals surface area contributed by atoms with E-state index in [0.717, 1.165) is 0 Å². The number of fused-ring (bicyclic) bond motifs is 1. The van der Waals surface area contributed by atoms with Crippen molar-refractivity contribution in [2.75, 3.05) is 0 Å². The number of hydrogen-bond acceptors (Lipinski definition) is 5. The first-order valence-corrected chi connectivity index (χ1v) is 6.11. The van der Waals surface area contributed by atoms with Crippen LogP contribution in [0.2, 0.25) is 0 Å². The number of hydrogen-bond donors (Lipinski definition) is 1. The highest BCUT2D eigenvalue weighted by Gasteiger charge is 2.13. The number of nitrogens with zero attached hydrogens (tertiary/aromatic N) is 4. The van der Waals surface area contributed by atoms with E-state index in [-0.39, 0.29) is 5.56 Å². The summed E-state index contributed by atoms with van der Waals surface area (Å²) in [6.07, 6.45) is 2.15. The van der Waals surface area contributed by atoms with E-state index in [4.69, 9.17) is 4.52 Å². The number of imidazole rings is 1. The van der Waals surface area contributed by atoms with Crippen LogP contribution in [-0.4, -0.2) is 30.8 Å². The van der Waals surface area contributed by atoms with Gasteiger partial charge in [-0.1, -0.05) is 11.2 Å². The topological polar surface area (TPSA) is 94.0 Å². The van der Waals surface area contributed by atoms with Gasteiger partial charge in [0.05, 0.1) is 22.9 Å². The van der Waals surface area contributed by atoms with Crippen LogP contribution in [0.1, 0.15) is 22.1 Å². The first-order valence-electron chi connectivity index (χ1n) is 6.11. The smallest absolute Gasteiger partial charge is 0.337 e. The summed E-state index contributed by atoms with van der Waals surface area (Å²) in [4.78, 5) is 19.6. The Labute approximate surface area is 113 Å². The molecule has 7 nitrogen and oxygen atoms in total. The molecule has 0 saturated carbocycles. The lowest BCUT2D eigenvalue weighted by molar-refractivity contribution is 0.0698. The van der Waals surface area contributed by atoms with Crippen LogP contribution in [0.25, 0.3) is 11.0 Å². The van der Waals surface area contributed by atoms with Gasteiger partial charge in [0.2, 0.25) is 5.89 Å². The van der Waals surface area contributed by atoms with Crippen LogP contribution in [0.5, 0.6) is 0 Å². The molecule has 1 aromatic carbocycles. The Morgan fingerprint density at radius 1 is 1.45 bits per heavy atom. The number of para-hydroxylation sites is 1. The minimum absolute atomic E-state index is 0.238. The van der Waals surface area contributed by atoms with Crippen molar-refractivity contribution >= 4 is 17.0 Å². The van der Waals surface area contributed by atoms with E-state index >= 15 is 0 Å². The standard InChI is InChI=1S/C13H12N4O3/c1-8-15-11(20-16-8)5-6-17-7-14-10-4-2-3-9(12(10)17)13(18)19/h2-4,7H,5-6H2,1H3,(H,18,19). The van der Waals surface area contributed by atoms with E-state index in [1.807, 2.05) is 0 Å². The first-order chi connectivity index (χ1) is 9.65. The third kappa shape index (κ3) is 2.13. The highest BCUT2D eigenvalue weighted by atomic mass is 16.5. The fraction of sp³-hybridized carbons (Fsp3) is 0.231. The van der Waals surface area contributed by atoms with E-state index in [1.54, 1.807) is 36.0 Å². The van der Waals surface area contributed by atoms with Crippen molar-refractivity contribution in [2.45, 2.75) is 19.9 Å². The molecule has 0 amide bonds. The molecule has 0 fully saturated rings. The summed E-state index contributed by atoms with van der Waals surface area (Å²) in [5.74, 6) is 0.143. The predicted molar refractivity (Wildman–Crippen MR) is 69.4 cm³/mol. The van der Waals surface area contributed by atoms with Crippen molar-refractivity contribution in [3.63, 3.8) is 0 Å². The predicted octanol–water partition coefficient (Wildman–Crippen LogP) is 1.67. The van der Waals surface area contributed by atoms with Crippen LogP contribution < -0.4 is 0 Å². The molecule has 0 spiro atoms. The molecule has 2 aromatic heterocycles. The zero-order chi connectivity index (χ0) is 14.1. The molecule has 0 aliphatic heterocycles. The Kier molecular flexibility index (Phi) is 2.94. The molecule has 20 heavy (non-hydrogen) atoms. The fourth-order valence-electron chi connectivity index (χ4n) is 2.13. The lowest BCUT2D eigenvalue weighted by Gasteiger charge is -2.04. The summed E-state index contributed by atoms with van der Waals surface area (Å²) in [6.45, 7) is 2.28. The number of rotatable bonds is 4. The average Bonchev–Trinajstić information content (AvgIpc) is 3.02. The SMILES string of the molecule is Cc1noc(CCn2cnc3cccc(C(=O)O)c32)n1. The molecule has 0 radical (unpaired) electrons. The normalized spacial score (nSPS) is 11.1. The van der Waals surface area contributed by atoms with Gasteiger partial charge in [0.1, 0.15) is 0 Å². The summed E-state index contributed by atoms with van der Waals surface area (Å²) in [5.41, 5.74) is 1.50. The molecule has 7 heteroatoms. The molecule has 3 aromatic rings. The second kappa shape index (κ2) is 4.76. The Hall–Kier alpha value is -2.70. The van der Waals surface area contributed by atoms with E-state index in [2.05, 4.69) is 15.1 Å². The van der Waals surface area contributed by atoms with E-state index < -0.39 is 5.97 Å². The molecule has 0 aliphatic rings. The van der Waals surface area contributed by atoms with Crippen molar-refractivity contribution in [1.29, 1.82) is 0 Å². The summed E-state index contributed by atoms with van der Waals surface area (Å²) < 4.78 is 6.83. The van der Waals surface area contributed by atoms with Gasteiger partial charge in [-0.2, -0.15) is 4.98 Å². The molecule has 0 bridgehead atoms. The summed E-state index contributed by atoms with van der Waals surface area (Å²) >= 11 is 0. The lowest BCUT2D eigenvalue weighted by Crippen LogP contribution is -2.05. The molecule has 3 rings (SSSR count). The largest absolute Gasteiger partial charge is 0.478 e. The van der Waals surface area contributed by atoms with Crippen molar-refractivity contribution in [2.24, 2.45) is 0 Å². The van der Waals surface area contributed by atoms with Gasteiger partial charge in [-0.05, 0) is 19.1 Å². The number of aromatic nitrogens is 4. The zero-order valence-electron chi connectivity index (χ0n) is 10.8. The van der Waals surface area contributed by atoms with Gasteiger partial charge in [-0.25, -0.2) is 9.78 Å². The van der Waals surface area contributed by atoms with Gasteiger partial charge in [-0.3, -0.25) is 0 Å². The maximum atomic E-state index is 11.3. The Bertz CT molecular complexity index is 775. The Balaban J connectivity index is 1.93. The first kappa shape index (κ1) is 12.3. The molecule has 0 unspecified atom stereocenters. The van der Waals surface area contributed by atoms with Gasteiger partial charge in [0.25, 0.3) is 0 Å². The quantitative estimate of drug-likeness (QED) is 0.776. The van der Waals surface area contributed by atoms with Gasteiger partial charge in [0, 0.05) is 13.0 Å². The Morgan fingerprint density at radius 2 is 2.30 bits per heavy atom. The highest BCUT2D eigenvalue weighted by Crippen LogP contribution is 2.18. The highest BCUT2D eigenvalue weighted by molar-refractivity contribution is 6.01. The van der Waals surface area contributed by atoms with E-state index in [9.17, 15) is 9.90 Å². The molecule has 0 aliphatic carbocycles. The third-order valence-corrected chi connectivity index (χ3v) is 3.00. The van der Waals surface area contributed by atoms with Crippen LogP contribution >= 0.6 is 0 Å². The number of carboxylic acid groups (broad SMARTS) is 1. The molecular formula is C13H12N4O3. The lowest BCUT2D eigenvalue weighted by atomic mass is 10.2. The third-order valence-electron chi connectivity index (χ3n) is 3.00. The minimum Gasteiger partial charge on any atom is -0.478 e. The average molecular weight is 272 g/mol. The van der Waals surface area contributed by atoms with Gasteiger partial charge >= 0.3 is 5.97 Å². The maximum absolute atomic E-state index is 11.3. The molecule has 2 heterocycles. The zero-order valence-corrected chi connectivity index (χ0v) is 10.8. The molecule has 0 atom stereocenters. The second-order valence-corrected chi connectivity index (χ2v) is 4.40. The van der Waals surface area contributed by atoms with Crippen molar-refractivity contribution in [1.82, 2.24) is 19.7 Å². The van der Waals surface area contributed by atoms with Crippen LogP contribution in [0, 0.1) is 6.92 Å². The van der Waals surface area contributed by atoms with Crippen LogP contribution in [0.3, 0.4) is 0 Å². The van der Waals surface area contributed by atoms with E-state index in [0.29, 0.717) is 35.7 Å². The minimum atomic E-state index is -0.967. The monoisotopic (exact) mass is 272 g/mol. The molecule has 0 saturated heterocycles. The number of aromatic carboxylic acids is 1. The molecule has 102 valence electrons. The fourth-order valence-corrected chi connectivity index (χ4v) is 2.13. The van der Waals surface area contributed by atoms with Crippen LogP contribution in [0.4, 0.5) is 0 Å². The van der Waals surface area contributed by atoms with Crippen molar-refractivity contribution < 1.29 is 14.4 Å². The second-order valence-electron chi connectivity index (χ2n) is 4.40. The number of benzene rings is 1. The van der Waals surface area contributed by atoms with Crippen LogP contribution in [0.15, 0.2) is 29.0 Å². The number of carboxylic acids is 1. The van der Waals surface area contributed by atoms with Gasteiger partial charge in [0.15, 0.2) is 5.82 Å². The summed E-state index contributed by atoms with van der Waals surface area (Å²) in [6, 6.07) is 5.04. The summed E-state index contributed by atoms with van der Waals surface area (Å²) in [5, 5.41) is 13.0. The summed E-state index contributed by atoms with van der Waals surface area (Å²) in [7, 11) is 0. The number of aryl methyl sites for hydroxylation is 3. The van der Waals surface area contributed by atoms with Crippen LogP contribution in [-0.2, 0) is 13.0 Å². The van der Waals surface area contributed by atoms with Crippen molar-refractivity contribution in [3.8, 4) is 0 Å². The van der Waals surface area contributed by atoms with Gasteiger partial charge in [-0.15, -0.1) is 0 Å². The van der Waals surface area contributed by atoms with Gasteiger partial charge < -0.3 is 14.2 Å². The maximum Gasteiger partial charge on any atom is 0.337 e. The van der Waals surface area contributed by atoms with Crippen molar-refractivity contribution in [3.05, 3.63) is 41.8 Å². The molecule has 1 N–H and O–H groups in total.